The van der Waals surface area contributed by atoms with Crippen molar-refractivity contribution in [1.82, 2.24) is 0 Å². The van der Waals surface area contributed by atoms with E-state index in [9.17, 15) is 5.11 Å². The fourth-order valence-electron chi connectivity index (χ4n) is 2.09. The van der Waals surface area contributed by atoms with Crippen molar-refractivity contribution in [3.8, 4) is 0 Å². The number of aliphatic hydroxyl groups is 1. The topological polar surface area (TPSA) is 29.5 Å². The SMILES string of the molecule is CC(C)(C)[C@]1(O)OC[C@@H]2C[C@@]21Br. The Hall–Kier alpha value is 0.400. The fraction of sp³-hybridized carbons (Fsp3) is 1.00. The third-order valence-electron chi connectivity index (χ3n) is 3.10. The quantitative estimate of drug-likeness (QED) is 0.650. The Morgan fingerprint density at radius 3 is 2.25 bits per heavy atom. The first-order valence-electron chi connectivity index (χ1n) is 4.36. The average Bonchev–Trinajstić information content (AvgIpc) is 2.49. The van der Waals surface area contributed by atoms with Crippen LogP contribution in [0, 0.1) is 11.3 Å². The maximum Gasteiger partial charge on any atom is 0.186 e. The highest BCUT2D eigenvalue weighted by Crippen LogP contribution is 2.67. The predicted molar refractivity (Wildman–Crippen MR) is 50.1 cm³/mol. The van der Waals surface area contributed by atoms with Crippen molar-refractivity contribution in [3.63, 3.8) is 0 Å². The molecule has 1 heterocycles. The molecule has 3 heteroatoms. The van der Waals surface area contributed by atoms with Crippen LogP contribution in [0.4, 0.5) is 0 Å². The summed E-state index contributed by atoms with van der Waals surface area (Å²) >= 11 is 3.60. The van der Waals surface area contributed by atoms with E-state index in [4.69, 9.17) is 4.74 Å². The van der Waals surface area contributed by atoms with Crippen molar-refractivity contribution in [2.24, 2.45) is 11.3 Å². The summed E-state index contributed by atoms with van der Waals surface area (Å²) in [4.78, 5) is 0. The number of ether oxygens (including phenoxy) is 1. The molecule has 0 bridgehead atoms. The van der Waals surface area contributed by atoms with Gasteiger partial charge in [-0.3, -0.25) is 0 Å². The largest absolute Gasteiger partial charge is 0.364 e. The molecule has 0 aromatic rings. The maximum absolute atomic E-state index is 10.3. The van der Waals surface area contributed by atoms with Gasteiger partial charge in [0.25, 0.3) is 0 Å². The van der Waals surface area contributed by atoms with E-state index in [0.29, 0.717) is 12.5 Å². The molecule has 0 amide bonds. The molecule has 1 aliphatic heterocycles. The molecule has 70 valence electrons. The standard InChI is InChI=1S/C9H15BrO2/c1-7(2,3)9(11)8(10)4-6(8)5-12-9/h6,11H,4-5H2,1-3H3/t6-,8+,9-/m0/s1. The highest BCUT2D eigenvalue weighted by atomic mass is 79.9. The highest BCUT2D eigenvalue weighted by molar-refractivity contribution is 9.10. The summed E-state index contributed by atoms with van der Waals surface area (Å²) in [6, 6.07) is 0. The number of alkyl halides is 1. The molecule has 0 radical (unpaired) electrons. The van der Waals surface area contributed by atoms with Gasteiger partial charge in [0, 0.05) is 11.3 Å². The lowest BCUT2D eigenvalue weighted by Crippen LogP contribution is -2.51. The van der Waals surface area contributed by atoms with E-state index in [1.807, 2.05) is 20.8 Å². The molecular weight excluding hydrogens is 220 g/mol. The molecule has 2 fully saturated rings. The van der Waals surface area contributed by atoms with Gasteiger partial charge in [-0.15, -0.1) is 0 Å². The summed E-state index contributed by atoms with van der Waals surface area (Å²) in [5, 5.41) is 10.3. The first-order valence-corrected chi connectivity index (χ1v) is 5.16. The molecule has 2 rings (SSSR count). The Kier molecular flexibility index (Phi) is 1.55. The summed E-state index contributed by atoms with van der Waals surface area (Å²) in [6.07, 6.45) is 1.04. The van der Waals surface area contributed by atoms with E-state index in [2.05, 4.69) is 15.9 Å². The van der Waals surface area contributed by atoms with E-state index in [-0.39, 0.29) is 9.74 Å². The van der Waals surface area contributed by atoms with Gasteiger partial charge in [0.15, 0.2) is 5.79 Å². The maximum atomic E-state index is 10.3. The zero-order valence-corrected chi connectivity index (χ0v) is 9.31. The van der Waals surface area contributed by atoms with E-state index >= 15 is 0 Å². The van der Waals surface area contributed by atoms with Crippen LogP contribution in [0.15, 0.2) is 0 Å². The van der Waals surface area contributed by atoms with Crippen LogP contribution in [0.1, 0.15) is 27.2 Å². The normalized spacial score (nSPS) is 52.2. The minimum Gasteiger partial charge on any atom is -0.364 e. The predicted octanol–water partition coefficient (Wildman–Crippen LogP) is 1.90. The Bertz CT molecular complexity index is 221. The molecule has 0 unspecified atom stereocenters. The summed E-state index contributed by atoms with van der Waals surface area (Å²) in [5.74, 6) is -0.466. The van der Waals surface area contributed by atoms with Crippen LogP contribution in [-0.2, 0) is 4.74 Å². The van der Waals surface area contributed by atoms with Crippen LogP contribution in [0.5, 0.6) is 0 Å². The smallest absolute Gasteiger partial charge is 0.186 e. The highest BCUT2D eigenvalue weighted by Gasteiger charge is 2.74. The van der Waals surface area contributed by atoms with Gasteiger partial charge in [-0.2, -0.15) is 0 Å². The van der Waals surface area contributed by atoms with E-state index < -0.39 is 5.79 Å². The third kappa shape index (κ3) is 0.824. The van der Waals surface area contributed by atoms with Crippen LogP contribution < -0.4 is 0 Å². The van der Waals surface area contributed by atoms with Crippen molar-refractivity contribution in [1.29, 1.82) is 0 Å². The first-order chi connectivity index (χ1) is 5.31. The second kappa shape index (κ2) is 2.07. The summed E-state index contributed by atoms with van der Waals surface area (Å²) in [7, 11) is 0. The van der Waals surface area contributed by atoms with Gasteiger partial charge in [-0.25, -0.2) is 0 Å². The van der Waals surface area contributed by atoms with E-state index in [1.165, 1.54) is 0 Å². The molecule has 1 saturated carbocycles. The number of hydrogen-bond donors (Lipinski definition) is 1. The Labute approximate surface area is 81.4 Å². The molecule has 12 heavy (non-hydrogen) atoms. The third-order valence-corrected chi connectivity index (χ3v) is 4.61. The van der Waals surface area contributed by atoms with Crippen LogP contribution in [0.25, 0.3) is 0 Å². The number of hydrogen-bond acceptors (Lipinski definition) is 2. The average molecular weight is 235 g/mol. The number of halogens is 1. The molecule has 2 aliphatic rings. The minimum absolute atomic E-state index is 0.155. The lowest BCUT2D eigenvalue weighted by Gasteiger charge is -2.40. The molecule has 2 nitrogen and oxygen atoms in total. The van der Waals surface area contributed by atoms with E-state index in [0.717, 1.165) is 6.42 Å². The lowest BCUT2D eigenvalue weighted by atomic mass is 9.82. The molecule has 0 aromatic heterocycles. The number of fused-ring (bicyclic) bond motifs is 1. The zero-order valence-electron chi connectivity index (χ0n) is 7.72. The lowest BCUT2D eigenvalue weighted by molar-refractivity contribution is -0.243. The Balaban J connectivity index is 2.33. The summed E-state index contributed by atoms with van der Waals surface area (Å²) < 4.78 is 5.32. The van der Waals surface area contributed by atoms with Crippen LogP contribution in [0.3, 0.4) is 0 Å². The molecule has 1 N–H and O–H groups in total. The summed E-state index contributed by atoms with van der Waals surface area (Å²) in [5.41, 5.74) is -0.220. The van der Waals surface area contributed by atoms with Gasteiger partial charge in [0.1, 0.15) is 0 Å². The molecule has 1 aliphatic carbocycles. The van der Waals surface area contributed by atoms with Crippen LogP contribution in [-0.4, -0.2) is 21.8 Å². The first kappa shape index (κ1) is 8.97. The molecule has 3 atom stereocenters. The van der Waals surface area contributed by atoms with Gasteiger partial charge in [-0.05, 0) is 6.42 Å². The second-order valence-electron chi connectivity index (χ2n) is 4.97. The van der Waals surface area contributed by atoms with Gasteiger partial charge in [0.05, 0.1) is 10.9 Å². The van der Waals surface area contributed by atoms with Crippen molar-refractivity contribution < 1.29 is 9.84 Å². The van der Waals surface area contributed by atoms with Crippen molar-refractivity contribution in [3.05, 3.63) is 0 Å². The van der Waals surface area contributed by atoms with E-state index in [1.54, 1.807) is 0 Å². The summed E-state index contributed by atoms with van der Waals surface area (Å²) in [6.45, 7) is 6.73. The van der Waals surface area contributed by atoms with Gasteiger partial charge in [-0.1, -0.05) is 36.7 Å². The van der Waals surface area contributed by atoms with Crippen molar-refractivity contribution in [2.45, 2.75) is 37.3 Å². The minimum atomic E-state index is -0.981. The molecular formula is C9H15BrO2. The Morgan fingerprint density at radius 1 is 1.50 bits per heavy atom. The Morgan fingerprint density at radius 2 is 2.08 bits per heavy atom. The fourth-order valence-corrected chi connectivity index (χ4v) is 3.32. The van der Waals surface area contributed by atoms with Gasteiger partial charge >= 0.3 is 0 Å². The van der Waals surface area contributed by atoms with Crippen molar-refractivity contribution in [2.75, 3.05) is 6.61 Å². The zero-order chi connectivity index (χ0) is 9.20. The van der Waals surface area contributed by atoms with Gasteiger partial charge < -0.3 is 9.84 Å². The van der Waals surface area contributed by atoms with Crippen molar-refractivity contribution >= 4 is 15.9 Å². The van der Waals surface area contributed by atoms with Crippen LogP contribution in [0.2, 0.25) is 0 Å². The monoisotopic (exact) mass is 234 g/mol. The number of rotatable bonds is 0. The van der Waals surface area contributed by atoms with Crippen LogP contribution >= 0.6 is 15.9 Å². The molecule has 0 spiro atoms. The second-order valence-corrected chi connectivity index (χ2v) is 6.38. The molecule has 1 saturated heterocycles. The van der Waals surface area contributed by atoms with Gasteiger partial charge in [0.2, 0.25) is 0 Å². The molecule has 0 aromatic carbocycles.